The summed E-state index contributed by atoms with van der Waals surface area (Å²) in [7, 11) is 0. The number of ether oxygens (including phenoxy) is 4. The molecule has 0 spiro atoms. The minimum atomic E-state index is 0.287. The molecule has 0 saturated carbocycles. The minimum Gasteiger partial charge on any atom is -0.490 e. The molecule has 23 heavy (non-hydrogen) atoms. The Balaban J connectivity index is 1.69. The van der Waals surface area contributed by atoms with Gasteiger partial charge in [-0.25, -0.2) is 0 Å². The Bertz CT molecular complexity index is 672. The number of hydrogen-bond donors (Lipinski definition) is 1. The lowest BCUT2D eigenvalue weighted by Gasteiger charge is -2.13. The first-order valence-corrected chi connectivity index (χ1v) is 7.82. The molecule has 0 unspecified atom stereocenters. The van der Waals surface area contributed by atoms with E-state index in [1.807, 2.05) is 50.2 Å². The SMILES string of the molecule is CCOc1ccc(CNc2ccc3c(c2)OCO3)cc1OCC. The van der Waals surface area contributed by atoms with Crippen LogP contribution in [0, 0.1) is 0 Å². The van der Waals surface area contributed by atoms with Gasteiger partial charge in [0.2, 0.25) is 6.79 Å². The first-order chi connectivity index (χ1) is 11.3. The van der Waals surface area contributed by atoms with Crippen molar-refractivity contribution in [3.63, 3.8) is 0 Å². The summed E-state index contributed by atoms with van der Waals surface area (Å²) >= 11 is 0. The highest BCUT2D eigenvalue weighted by Gasteiger charge is 2.13. The van der Waals surface area contributed by atoms with E-state index in [1.165, 1.54) is 0 Å². The van der Waals surface area contributed by atoms with Gasteiger partial charge in [0.1, 0.15) is 0 Å². The second-order valence-corrected chi connectivity index (χ2v) is 5.07. The van der Waals surface area contributed by atoms with Crippen molar-refractivity contribution < 1.29 is 18.9 Å². The third-order valence-electron chi connectivity index (χ3n) is 3.48. The minimum absolute atomic E-state index is 0.287. The Morgan fingerprint density at radius 2 is 1.70 bits per heavy atom. The molecular formula is C18H21NO4. The van der Waals surface area contributed by atoms with E-state index in [0.29, 0.717) is 19.8 Å². The van der Waals surface area contributed by atoms with Crippen molar-refractivity contribution in [1.82, 2.24) is 0 Å². The Labute approximate surface area is 136 Å². The number of benzene rings is 2. The lowest BCUT2D eigenvalue weighted by molar-refractivity contribution is 0.174. The second-order valence-electron chi connectivity index (χ2n) is 5.07. The van der Waals surface area contributed by atoms with Gasteiger partial charge in [-0.05, 0) is 43.7 Å². The quantitative estimate of drug-likeness (QED) is 0.841. The Kier molecular flexibility index (Phi) is 4.76. The lowest BCUT2D eigenvalue weighted by atomic mass is 10.2. The molecule has 2 aromatic rings. The molecule has 5 nitrogen and oxygen atoms in total. The first-order valence-electron chi connectivity index (χ1n) is 7.82. The normalized spacial score (nSPS) is 12.1. The van der Waals surface area contributed by atoms with Gasteiger partial charge in [-0.15, -0.1) is 0 Å². The average Bonchev–Trinajstić information content (AvgIpc) is 3.03. The van der Waals surface area contributed by atoms with Crippen LogP contribution in [-0.4, -0.2) is 20.0 Å². The van der Waals surface area contributed by atoms with Gasteiger partial charge in [-0.3, -0.25) is 0 Å². The molecular weight excluding hydrogens is 294 g/mol. The molecule has 2 aromatic carbocycles. The molecule has 1 heterocycles. The third-order valence-corrected chi connectivity index (χ3v) is 3.48. The van der Waals surface area contributed by atoms with Crippen LogP contribution in [0.2, 0.25) is 0 Å². The first kappa shape index (κ1) is 15.3. The van der Waals surface area contributed by atoms with E-state index in [4.69, 9.17) is 18.9 Å². The highest BCUT2D eigenvalue weighted by Crippen LogP contribution is 2.34. The zero-order valence-corrected chi connectivity index (χ0v) is 13.4. The Morgan fingerprint density at radius 3 is 2.52 bits per heavy atom. The van der Waals surface area contributed by atoms with Gasteiger partial charge in [-0.1, -0.05) is 6.07 Å². The molecule has 0 saturated heterocycles. The Morgan fingerprint density at radius 1 is 0.913 bits per heavy atom. The van der Waals surface area contributed by atoms with Crippen LogP contribution >= 0.6 is 0 Å². The fourth-order valence-corrected chi connectivity index (χ4v) is 2.42. The van der Waals surface area contributed by atoms with E-state index in [9.17, 15) is 0 Å². The van der Waals surface area contributed by atoms with Crippen molar-refractivity contribution in [3.05, 3.63) is 42.0 Å². The highest BCUT2D eigenvalue weighted by atomic mass is 16.7. The third kappa shape index (κ3) is 3.62. The number of anilines is 1. The van der Waals surface area contributed by atoms with Gasteiger partial charge in [0.15, 0.2) is 23.0 Å². The summed E-state index contributed by atoms with van der Waals surface area (Å²) in [5.41, 5.74) is 2.11. The summed E-state index contributed by atoms with van der Waals surface area (Å²) in [4.78, 5) is 0. The lowest BCUT2D eigenvalue weighted by Crippen LogP contribution is -2.02. The molecule has 0 radical (unpaired) electrons. The summed E-state index contributed by atoms with van der Waals surface area (Å²) in [5.74, 6) is 3.12. The van der Waals surface area contributed by atoms with Crippen LogP contribution in [0.15, 0.2) is 36.4 Å². The van der Waals surface area contributed by atoms with Gasteiger partial charge in [0.25, 0.3) is 0 Å². The van der Waals surface area contributed by atoms with Crippen molar-refractivity contribution >= 4 is 5.69 Å². The van der Waals surface area contributed by atoms with Gasteiger partial charge in [-0.2, -0.15) is 0 Å². The van der Waals surface area contributed by atoms with Crippen molar-refractivity contribution in [1.29, 1.82) is 0 Å². The maximum absolute atomic E-state index is 5.65. The van der Waals surface area contributed by atoms with Crippen molar-refractivity contribution in [2.75, 3.05) is 25.3 Å². The molecule has 0 bridgehead atoms. The molecule has 1 N–H and O–H groups in total. The number of rotatable bonds is 7. The molecule has 122 valence electrons. The molecule has 3 rings (SSSR count). The number of fused-ring (bicyclic) bond motifs is 1. The zero-order chi connectivity index (χ0) is 16.1. The van der Waals surface area contributed by atoms with Gasteiger partial charge in [0.05, 0.1) is 13.2 Å². The fraction of sp³-hybridized carbons (Fsp3) is 0.333. The fourth-order valence-electron chi connectivity index (χ4n) is 2.42. The summed E-state index contributed by atoms with van der Waals surface area (Å²) in [6.45, 7) is 6.13. The summed E-state index contributed by atoms with van der Waals surface area (Å²) in [5, 5.41) is 3.38. The van der Waals surface area contributed by atoms with Crippen LogP contribution in [0.3, 0.4) is 0 Å². The molecule has 0 amide bonds. The molecule has 0 atom stereocenters. The van der Waals surface area contributed by atoms with Crippen LogP contribution in [-0.2, 0) is 6.54 Å². The van der Waals surface area contributed by atoms with E-state index in [2.05, 4.69) is 5.32 Å². The van der Waals surface area contributed by atoms with Crippen molar-refractivity contribution in [2.45, 2.75) is 20.4 Å². The van der Waals surface area contributed by atoms with E-state index in [1.54, 1.807) is 0 Å². The van der Waals surface area contributed by atoms with Crippen LogP contribution in [0.4, 0.5) is 5.69 Å². The monoisotopic (exact) mass is 315 g/mol. The summed E-state index contributed by atoms with van der Waals surface area (Å²) < 4.78 is 21.9. The van der Waals surface area contributed by atoms with Gasteiger partial charge >= 0.3 is 0 Å². The summed E-state index contributed by atoms with van der Waals surface area (Å²) in [6.07, 6.45) is 0. The van der Waals surface area contributed by atoms with Crippen LogP contribution in [0.5, 0.6) is 23.0 Å². The molecule has 0 aliphatic carbocycles. The predicted octanol–water partition coefficient (Wildman–Crippen LogP) is 3.82. The maximum Gasteiger partial charge on any atom is 0.231 e. The van der Waals surface area contributed by atoms with Crippen LogP contribution < -0.4 is 24.3 Å². The molecule has 0 fully saturated rings. The predicted molar refractivity (Wildman–Crippen MR) is 88.7 cm³/mol. The second kappa shape index (κ2) is 7.13. The molecule has 5 heteroatoms. The van der Waals surface area contributed by atoms with Crippen LogP contribution in [0.25, 0.3) is 0 Å². The van der Waals surface area contributed by atoms with Crippen molar-refractivity contribution in [2.24, 2.45) is 0 Å². The highest BCUT2D eigenvalue weighted by molar-refractivity contribution is 5.56. The summed E-state index contributed by atoms with van der Waals surface area (Å²) in [6, 6.07) is 11.8. The standard InChI is InChI=1S/C18H21NO4/c1-3-20-15-7-5-13(9-17(15)21-4-2)11-19-14-6-8-16-18(10-14)23-12-22-16/h5-10,19H,3-4,11-12H2,1-2H3. The van der Waals surface area contributed by atoms with E-state index < -0.39 is 0 Å². The molecule has 0 aromatic heterocycles. The van der Waals surface area contributed by atoms with E-state index >= 15 is 0 Å². The van der Waals surface area contributed by atoms with Gasteiger partial charge < -0.3 is 24.3 Å². The molecule has 1 aliphatic rings. The topological polar surface area (TPSA) is 49.0 Å². The largest absolute Gasteiger partial charge is 0.490 e. The van der Waals surface area contributed by atoms with Crippen molar-refractivity contribution in [3.8, 4) is 23.0 Å². The van der Waals surface area contributed by atoms with E-state index in [0.717, 1.165) is 34.2 Å². The average molecular weight is 315 g/mol. The molecule has 1 aliphatic heterocycles. The number of nitrogens with one attached hydrogen (secondary N) is 1. The number of hydrogen-bond acceptors (Lipinski definition) is 5. The van der Waals surface area contributed by atoms with E-state index in [-0.39, 0.29) is 6.79 Å². The Hall–Kier alpha value is -2.56. The van der Waals surface area contributed by atoms with Gasteiger partial charge in [0, 0.05) is 18.3 Å². The van der Waals surface area contributed by atoms with Crippen LogP contribution in [0.1, 0.15) is 19.4 Å². The zero-order valence-electron chi connectivity index (χ0n) is 13.4. The smallest absolute Gasteiger partial charge is 0.231 e. The maximum atomic E-state index is 5.65.